The van der Waals surface area contributed by atoms with Gasteiger partial charge in [-0.2, -0.15) is 0 Å². The van der Waals surface area contributed by atoms with E-state index in [0.717, 1.165) is 19.0 Å². The highest BCUT2D eigenvalue weighted by atomic mass is 14.8. The molecule has 21 heavy (non-hydrogen) atoms. The predicted molar refractivity (Wildman–Crippen MR) is 94.8 cm³/mol. The molecule has 1 aromatic carbocycles. The van der Waals surface area contributed by atoms with E-state index in [1.807, 2.05) is 0 Å². The van der Waals surface area contributed by atoms with Crippen LogP contribution >= 0.6 is 0 Å². The predicted octanol–water partition coefficient (Wildman–Crippen LogP) is 5.68. The quantitative estimate of drug-likeness (QED) is 0.577. The smallest absolute Gasteiger partial charge is 0.0205 e. The summed E-state index contributed by atoms with van der Waals surface area (Å²) < 4.78 is 0. The van der Waals surface area contributed by atoms with Crippen molar-refractivity contribution in [2.75, 3.05) is 6.54 Å². The number of rotatable bonds is 9. The van der Waals surface area contributed by atoms with Gasteiger partial charge in [0.05, 0.1) is 0 Å². The zero-order chi connectivity index (χ0) is 15.7. The maximum atomic E-state index is 3.56. The molecule has 0 aromatic heterocycles. The van der Waals surface area contributed by atoms with Crippen LogP contribution in [0.1, 0.15) is 77.8 Å². The first-order valence-corrected chi connectivity index (χ1v) is 8.69. The van der Waals surface area contributed by atoms with Gasteiger partial charge in [-0.1, -0.05) is 84.6 Å². The van der Waals surface area contributed by atoms with Crippen LogP contribution in [0.5, 0.6) is 0 Å². The van der Waals surface area contributed by atoms with Crippen LogP contribution in [0.3, 0.4) is 0 Å². The minimum absolute atomic E-state index is 0.252. The Bertz CT molecular complexity index is 370. The Balaban J connectivity index is 2.10. The Morgan fingerprint density at radius 1 is 0.905 bits per heavy atom. The molecule has 1 nitrogen and oxygen atoms in total. The second kappa shape index (κ2) is 9.25. The zero-order valence-electron chi connectivity index (χ0n) is 14.8. The molecule has 1 N–H and O–H groups in total. The van der Waals surface area contributed by atoms with E-state index in [4.69, 9.17) is 0 Å². The van der Waals surface area contributed by atoms with Gasteiger partial charge in [0.1, 0.15) is 0 Å². The van der Waals surface area contributed by atoms with Gasteiger partial charge in [0.15, 0.2) is 0 Å². The zero-order valence-corrected chi connectivity index (χ0v) is 14.8. The lowest BCUT2D eigenvalue weighted by Crippen LogP contribution is -2.15. The molecule has 0 unspecified atom stereocenters. The standard InChI is InChI=1S/C20H35N/c1-17(2)10-8-6-7-9-15-21-16-18-11-13-19(14-12-18)20(3,4)5/h11-14,17,21H,6-10,15-16H2,1-5H3. The monoisotopic (exact) mass is 289 g/mol. The van der Waals surface area contributed by atoms with E-state index in [0.29, 0.717) is 0 Å². The Hall–Kier alpha value is -0.820. The van der Waals surface area contributed by atoms with Gasteiger partial charge in [-0.25, -0.2) is 0 Å². The minimum Gasteiger partial charge on any atom is -0.313 e. The highest BCUT2D eigenvalue weighted by molar-refractivity contribution is 5.27. The summed E-state index contributed by atoms with van der Waals surface area (Å²) in [6.45, 7) is 13.6. The van der Waals surface area contributed by atoms with E-state index >= 15 is 0 Å². The fraction of sp³-hybridized carbons (Fsp3) is 0.700. The number of nitrogens with one attached hydrogen (secondary N) is 1. The van der Waals surface area contributed by atoms with Crippen LogP contribution in [0.2, 0.25) is 0 Å². The van der Waals surface area contributed by atoms with Gasteiger partial charge in [0.2, 0.25) is 0 Å². The van der Waals surface area contributed by atoms with Crippen molar-refractivity contribution in [3.05, 3.63) is 35.4 Å². The molecule has 0 amide bonds. The molecule has 0 saturated carbocycles. The molecule has 0 bridgehead atoms. The average Bonchev–Trinajstić information content (AvgIpc) is 2.41. The Kier molecular flexibility index (Phi) is 8.03. The summed E-state index contributed by atoms with van der Waals surface area (Å²) in [5.41, 5.74) is 3.06. The fourth-order valence-corrected chi connectivity index (χ4v) is 2.51. The summed E-state index contributed by atoms with van der Waals surface area (Å²) >= 11 is 0. The third kappa shape index (κ3) is 8.26. The molecule has 1 rings (SSSR count). The molecule has 0 aliphatic heterocycles. The number of hydrogen-bond donors (Lipinski definition) is 1. The first-order valence-electron chi connectivity index (χ1n) is 8.69. The first-order chi connectivity index (χ1) is 9.89. The van der Waals surface area contributed by atoms with Gasteiger partial charge in [0, 0.05) is 6.54 Å². The largest absolute Gasteiger partial charge is 0.313 e. The number of hydrogen-bond acceptors (Lipinski definition) is 1. The summed E-state index contributed by atoms with van der Waals surface area (Å²) in [7, 11) is 0. The van der Waals surface area contributed by atoms with Crippen LogP contribution in [0.15, 0.2) is 24.3 Å². The summed E-state index contributed by atoms with van der Waals surface area (Å²) in [6.07, 6.45) is 6.83. The maximum absolute atomic E-state index is 3.56. The Morgan fingerprint density at radius 3 is 2.10 bits per heavy atom. The van der Waals surface area contributed by atoms with Gasteiger partial charge in [-0.3, -0.25) is 0 Å². The first kappa shape index (κ1) is 18.2. The molecule has 0 radical (unpaired) electrons. The van der Waals surface area contributed by atoms with E-state index in [1.165, 1.54) is 43.2 Å². The van der Waals surface area contributed by atoms with E-state index in [1.54, 1.807) is 0 Å². The molecular formula is C20H35N. The highest BCUT2D eigenvalue weighted by Crippen LogP contribution is 2.22. The van der Waals surface area contributed by atoms with Crippen molar-refractivity contribution in [1.82, 2.24) is 5.32 Å². The lowest BCUT2D eigenvalue weighted by Gasteiger charge is -2.19. The molecule has 0 spiro atoms. The normalized spacial score (nSPS) is 12.1. The van der Waals surface area contributed by atoms with Crippen molar-refractivity contribution in [3.63, 3.8) is 0 Å². The second-order valence-electron chi connectivity index (χ2n) is 7.72. The Labute approximate surface area is 132 Å². The summed E-state index contributed by atoms with van der Waals surface area (Å²) in [4.78, 5) is 0. The Morgan fingerprint density at radius 2 is 1.52 bits per heavy atom. The summed E-state index contributed by atoms with van der Waals surface area (Å²) in [5.74, 6) is 0.860. The molecule has 0 atom stereocenters. The molecule has 0 aliphatic carbocycles. The molecule has 1 aromatic rings. The molecule has 0 aliphatic rings. The van der Waals surface area contributed by atoms with Crippen molar-refractivity contribution in [2.24, 2.45) is 5.92 Å². The van der Waals surface area contributed by atoms with E-state index in [2.05, 4.69) is 64.2 Å². The minimum atomic E-state index is 0.252. The number of unbranched alkanes of at least 4 members (excludes halogenated alkanes) is 3. The second-order valence-corrected chi connectivity index (χ2v) is 7.72. The van der Waals surface area contributed by atoms with Crippen LogP contribution in [0, 0.1) is 5.92 Å². The maximum Gasteiger partial charge on any atom is 0.0205 e. The van der Waals surface area contributed by atoms with Crippen LogP contribution in [-0.2, 0) is 12.0 Å². The van der Waals surface area contributed by atoms with Crippen LogP contribution in [-0.4, -0.2) is 6.54 Å². The van der Waals surface area contributed by atoms with Gasteiger partial charge in [-0.05, 0) is 35.4 Å². The molecule has 1 heteroatoms. The van der Waals surface area contributed by atoms with Gasteiger partial charge < -0.3 is 5.32 Å². The summed E-state index contributed by atoms with van der Waals surface area (Å²) in [6, 6.07) is 9.05. The van der Waals surface area contributed by atoms with Crippen molar-refractivity contribution in [1.29, 1.82) is 0 Å². The molecule has 0 fully saturated rings. The SMILES string of the molecule is CC(C)CCCCCCNCc1ccc(C(C)(C)C)cc1. The highest BCUT2D eigenvalue weighted by Gasteiger charge is 2.12. The van der Waals surface area contributed by atoms with Gasteiger partial charge in [0.25, 0.3) is 0 Å². The van der Waals surface area contributed by atoms with E-state index in [9.17, 15) is 0 Å². The molecule has 0 saturated heterocycles. The van der Waals surface area contributed by atoms with Crippen LogP contribution in [0.4, 0.5) is 0 Å². The van der Waals surface area contributed by atoms with Crippen LogP contribution in [0.25, 0.3) is 0 Å². The van der Waals surface area contributed by atoms with Gasteiger partial charge >= 0.3 is 0 Å². The molecule has 0 heterocycles. The van der Waals surface area contributed by atoms with Crippen molar-refractivity contribution >= 4 is 0 Å². The number of benzene rings is 1. The third-order valence-corrected chi connectivity index (χ3v) is 4.03. The third-order valence-electron chi connectivity index (χ3n) is 4.03. The molecule has 120 valence electrons. The van der Waals surface area contributed by atoms with E-state index < -0.39 is 0 Å². The summed E-state index contributed by atoms with van der Waals surface area (Å²) in [5, 5.41) is 3.56. The average molecular weight is 290 g/mol. The molecular weight excluding hydrogens is 254 g/mol. The van der Waals surface area contributed by atoms with Crippen molar-refractivity contribution in [2.45, 2.75) is 78.7 Å². The van der Waals surface area contributed by atoms with E-state index in [-0.39, 0.29) is 5.41 Å². The van der Waals surface area contributed by atoms with Crippen molar-refractivity contribution < 1.29 is 0 Å². The lowest BCUT2D eigenvalue weighted by atomic mass is 9.87. The lowest BCUT2D eigenvalue weighted by molar-refractivity contribution is 0.512. The van der Waals surface area contributed by atoms with Crippen LogP contribution < -0.4 is 5.32 Å². The fourth-order valence-electron chi connectivity index (χ4n) is 2.51. The van der Waals surface area contributed by atoms with Crippen molar-refractivity contribution in [3.8, 4) is 0 Å². The topological polar surface area (TPSA) is 12.0 Å². The van der Waals surface area contributed by atoms with Gasteiger partial charge in [-0.15, -0.1) is 0 Å².